The van der Waals surface area contributed by atoms with Crippen molar-refractivity contribution in [3.8, 4) is 6.07 Å². The molecule has 1 aliphatic carbocycles. The van der Waals surface area contributed by atoms with E-state index in [2.05, 4.69) is 11.6 Å². The van der Waals surface area contributed by atoms with Crippen LogP contribution >= 0.6 is 11.8 Å². The highest BCUT2D eigenvalue weighted by Gasteiger charge is 2.29. The summed E-state index contributed by atoms with van der Waals surface area (Å²) in [4.78, 5) is 0.216. The fourth-order valence-electron chi connectivity index (χ4n) is 2.68. The first-order valence-electron chi connectivity index (χ1n) is 7.11. The second-order valence-electron chi connectivity index (χ2n) is 5.30. The van der Waals surface area contributed by atoms with E-state index in [0.717, 1.165) is 25.0 Å². The predicted octanol–water partition coefficient (Wildman–Crippen LogP) is 2.82. The van der Waals surface area contributed by atoms with Crippen LogP contribution in [0.25, 0.3) is 0 Å². The molecule has 1 fully saturated rings. The summed E-state index contributed by atoms with van der Waals surface area (Å²) in [6, 6.07) is 6.76. The third kappa shape index (κ3) is 4.00. The van der Waals surface area contributed by atoms with E-state index in [-0.39, 0.29) is 10.9 Å². The number of thioether (sulfide) groups is 1. The molecule has 0 aromatic heterocycles. The number of nitrogens with one attached hydrogen (secondary N) is 1. The van der Waals surface area contributed by atoms with E-state index in [9.17, 15) is 8.42 Å². The van der Waals surface area contributed by atoms with Gasteiger partial charge in [-0.05, 0) is 49.6 Å². The maximum absolute atomic E-state index is 12.5. The molecule has 21 heavy (non-hydrogen) atoms. The number of hydrogen-bond acceptors (Lipinski definition) is 4. The van der Waals surface area contributed by atoms with E-state index >= 15 is 0 Å². The van der Waals surface area contributed by atoms with Crippen LogP contribution in [0.5, 0.6) is 0 Å². The Balaban J connectivity index is 2.15. The molecule has 1 aromatic carbocycles. The van der Waals surface area contributed by atoms with Gasteiger partial charge in [-0.3, -0.25) is 0 Å². The van der Waals surface area contributed by atoms with Crippen molar-refractivity contribution >= 4 is 21.8 Å². The Morgan fingerprint density at radius 3 is 2.86 bits per heavy atom. The van der Waals surface area contributed by atoms with Crippen LogP contribution in [0, 0.1) is 18.3 Å². The standard InChI is InChI=1S/C15H20N2O2S2/c1-3-20-14-7-6-13(9-14)17-21(18,19)15-8-12(10-16)5-4-11(15)2/h4-5,8,13-14,17H,3,6-7,9H2,1-2H3. The molecule has 0 aliphatic heterocycles. The van der Waals surface area contributed by atoms with Crippen molar-refractivity contribution in [1.82, 2.24) is 4.72 Å². The summed E-state index contributed by atoms with van der Waals surface area (Å²) in [6.07, 6.45) is 2.82. The predicted molar refractivity (Wildman–Crippen MR) is 85.8 cm³/mol. The molecule has 0 amide bonds. The van der Waals surface area contributed by atoms with Gasteiger partial charge in [-0.25, -0.2) is 13.1 Å². The molecule has 0 heterocycles. The summed E-state index contributed by atoms with van der Waals surface area (Å²) >= 11 is 1.90. The normalized spacial score (nSPS) is 22.1. The van der Waals surface area contributed by atoms with Crippen LogP contribution in [0.1, 0.15) is 37.3 Å². The second kappa shape index (κ2) is 6.82. The third-order valence-corrected chi connectivity index (χ3v) is 6.61. The van der Waals surface area contributed by atoms with Crippen molar-refractivity contribution in [3.05, 3.63) is 29.3 Å². The van der Waals surface area contributed by atoms with Crippen molar-refractivity contribution < 1.29 is 8.42 Å². The molecule has 1 N–H and O–H groups in total. The molecule has 1 aromatic rings. The fraction of sp³-hybridized carbons (Fsp3) is 0.533. The van der Waals surface area contributed by atoms with Gasteiger partial charge in [0.2, 0.25) is 10.0 Å². The molecule has 1 saturated carbocycles. The Morgan fingerprint density at radius 2 is 2.19 bits per heavy atom. The van der Waals surface area contributed by atoms with Gasteiger partial charge in [0.05, 0.1) is 16.5 Å². The maximum atomic E-state index is 12.5. The van der Waals surface area contributed by atoms with Crippen LogP contribution in [0.3, 0.4) is 0 Å². The van der Waals surface area contributed by atoms with Crippen LogP contribution in [-0.4, -0.2) is 25.5 Å². The Hall–Kier alpha value is -1.03. The van der Waals surface area contributed by atoms with E-state index in [1.165, 1.54) is 6.07 Å². The quantitative estimate of drug-likeness (QED) is 0.904. The van der Waals surface area contributed by atoms with Gasteiger partial charge in [0, 0.05) is 11.3 Å². The van der Waals surface area contributed by atoms with Crippen molar-refractivity contribution in [2.75, 3.05) is 5.75 Å². The van der Waals surface area contributed by atoms with Crippen LogP contribution in [0.2, 0.25) is 0 Å². The number of hydrogen-bond donors (Lipinski definition) is 1. The maximum Gasteiger partial charge on any atom is 0.241 e. The van der Waals surface area contributed by atoms with E-state index in [1.54, 1.807) is 19.1 Å². The molecule has 114 valence electrons. The minimum Gasteiger partial charge on any atom is -0.208 e. The summed E-state index contributed by atoms with van der Waals surface area (Å²) in [6.45, 7) is 3.87. The smallest absolute Gasteiger partial charge is 0.208 e. The number of benzene rings is 1. The summed E-state index contributed by atoms with van der Waals surface area (Å²) in [5.41, 5.74) is 1.03. The van der Waals surface area contributed by atoms with Crippen molar-refractivity contribution in [2.24, 2.45) is 0 Å². The number of sulfonamides is 1. The third-order valence-electron chi connectivity index (χ3n) is 3.72. The molecule has 2 atom stereocenters. The molecular formula is C15H20N2O2S2. The molecular weight excluding hydrogens is 304 g/mol. The van der Waals surface area contributed by atoms with Gasteiger partial charge in [0.1, 0.15) is 0 Å². The topological polar surface area (TPSA) is 70.0 Å². The van der Waals surface area contributed by atoms with Gasteiger partial charge in [-0.2, -0.15) is 17.0 Å². The van der Waals surface area contributed by atoms with Gasteiger partial charge in [-0.15, -0.1) is 0 Å². The zero-order valence-corrected chi connectivity index (χ0v) is 13.9. The van der Waals surface area contributed by atoms with Gasteiger partial charge in [-0.1, -0.05) is 13.0 Å². The van der Waals surface area contributed by atoms with E-state index < -0.39 is 10.0 Å². The summed E-state index contributed by atoms with van der Waals surface area (Å²) in [7, 11) is -3.56. The first kappa shape index (κ1) is 16.3. The number of rotatable bonds is 5. The van der Waals surface area contributed by atoms with Crippen LogP contribution in [-0.2, 0) is 10.0 Å². The van der Waals surface area contributed by atoms with Crippen molar-refractivity contribution in [2.45, 2.75) is 49.3 Å². The lowest BCUT2D eigenvalue weighted by Crippen LogP contribution is -2.33. The van der Waals surface area contributed by atoms with Gasteiger partial charge in [0.15, 0.2) is 0 Å². The monoisotopic (exact) mass is 324 g/mol. The van der Waals surface area contributed by atoms with Gasteiger partial charge < -0.3 is 0 Å². The van der Waals surface area contributed by atoms with Gasteiger partial charge >= 0.3 is 0 Å². The van der Waals surface area contributed by atoms with Crippen LogP contribution in [0.4, 0.5) is 0 Å². The van der Waals surface area contributed by atoms with E-state index in [1.807, 2.05) is 17.8 Å². The van der Waals surface area contributed by atoms with E-state index in [0.29, 0.717) is 16.4 Å². The minimum atomic E-state index is -3.56. The minimum absolute atomic E-state index is 0.00388. The largest absolute Gasteiger partial charge is 0.241 e. The average Bonchev–Trinajstić information content (AvgIpc) is 2.86. The summed E-state index contributed by atoms with van der Waals surface area (Å²) < 4.78 is 27.8. The SMILES string of the molecule is CCSC1CCC(NS(=O)(=O)c2cc(C#N)ccc2C)C1. The highest BCUT2D eigenvalue weighted by molar-refractivity contribution is 7.99. The molecule has 2 rings (SSSR count). The molecule has 6 heteroatoms. The Labute approximate surface area is 131 Å². The number of nitriles is 1. The lowest BCUT2D eigenvalue weighted by Gasteiger charge is -2.15. The Kier molecular flexibility index (Phi) is 5.31. The van der Waals surface area contributed by atoms with Gasteiger partial charge in [0.25, 0.3) is 0 Å². The van der Waals surface area contributed by atoms with Crippen molar-refractivity contribution in [3.63, 3.8) is 0 Å². The number of aryl methyl sites for hydroxylation is 1. The summed E-state index contributed by atoms with van der Waals surface area (Å²) in [5, 5.41) is 9.48. The first-order valence-corrected chi connectivity index (χ1v) is 9.64. The summed E-state index contributed by atoms with van der Waals surface area (Å²) in [5.74, 6) is 1.06. The highest BCUT2D eigenvalue weighted by atomic mass is 32.2. The number of nitrogens with zero attached hydrogens (tertiary/aromatic N) is 1. The molecule has 0 bridgehead atoms. The molecule has 0 radical (unpaired) electrons. The Bertz CT molecular complexity index is 650. The van der Waals surface area contributed by atoms with Crippen LogP contribution in [0.15, 0.2) is 23.1 Å². The fourth-order valence-corrected chi connectivity index (χ4v) is 5.37. The first-order chi connectivity index (χ1) is 9.96. The zero-order valence-electron chi connectivity index (χ0n) is 12.3. The van der Waals surface area contributed by atoms with E-state index in [4.69, 9.17) is 5.26 Å². The lowest BCUT2D eigenvalue weighted by molar-refractivity contribution is 0.552. The van der Waals surface area contributed by atoms with Crippen LogP contribution < -0.4 is 4.72 Å². The lowest BCUT2D eigenvalue weighted by atomic mass is 10.2. The Morgan fingerprint density at radius 1 is 1.43 bits per heavy atom. The average molecular weight is 324 g/mol. The van der Waals surface area contributed by atoms with Crippen molar-refractivity contribution in [1.29, 1.82) is 5.26 Å². The molecule has 2 unspecified atom stereocenters. The second-order valence-corrected chi connectivity index (χ2v) is 8.56. The molecule has 0 saturated heterocycles. The zero-order chi connectivity index (χ0) is 15.5. The molecule has 1 aliphatic rings. The molecule has 0 spiro atoms. The molecule has 4 nitrogen and oxygen atoms in total. The highest BCUT2D eigenvalue weighted by Crippen LogP contribution is 2.30.